The summed E-state index contributed by atoms with van der Waals surface area (Å²) in [7, 11) is 2.92. The molecule has 0 bridgehead atoms. The Kier molecular flexibility index (Phi) is 3.06. The molecule has 0 heterocycles. The molecule has 0 rings (SSSR count). The zero-order chi connectivity index (χ0) is 4.28. The van der Waals surface area contributed by atoms with Crippen molar-refractivity contribution in [1.29, 1.82) is 0 Å². The van der Waals surface area contributed by atoms with E-state index in [0.717, 1.165) is 0 Å². The molecule has 1 nitrogen and oxygen atoms in total. The van der Waals surface area contributed by atoms with Crippen LogP contribution in [0.25, 0.3) is 0 Å². The van der Waals surface area contributed by atoms with E-state index in [2.05, 4.69) is 11.8 Å². The Morgan fingerprint density at radius 1 is 1.60 bits per heavy atom. The van der Waals surface area contributed by atoms with Gasteiger partial charge in [0.05, 0.1) is 7.11 Å². The van der Waals surface area contributed by atoms with Gasteiger partial charge in [-0.3, -0.25) is 0 Å². The molecule has 5 heavy (non-hydrogen) atoms. The van der Waals surface area contributed by atoms with Gasteiger partial charge in [-0.25, -0.2) is 0 Å². The molecule has 3 heteroatoms. The number of hydrogen-bond acceptors (Lipinski definition) is 1. The molecule has 0 spiro atoms. The molecule has 0 aromatic heterocycles. The van der Waals surface area contributed by atoms with E-state index in [1.807, 2.05) is 0 Å². The first-order valence-electron chi connectivity index (χ1n) is 0.961. The van der Waals surface area contributed by atoms with Crippen LogP contribution in [0.1, 0.15) is 0 Å². The van der Waals surface area contributed by atoms with Crippen molar-refractivity contribution in [2.24, 2.45) is 0 Å². The molecule has 0 aliphatic carbocycles. The number of halogens is 2. The second kappa shape index (κ2) is 2.76. The Morgan fingerprint density at radius 2 is 1.80 bits per heavy atom. The highest BCUT2D eigenvalue weighted by molar-refractivity contribution is 6.43. The lowest BCUT2D eigenvalue weighted by atomic mass is 11.5. The molecule has 0 N–H and O–H groups in total. The van der Waals surface area contributed by atoms with Crippen LogP contribution in [0.4, 0.5) is 0 Å². The van der Waals surface area contributed by atoms with Crippen molar-refractivity contribution < 1.29 is 4.74 Å². The second-order valence-corrected chi connectivity index (χ2v) is 1.44. The lowest BCUT2D eigenvalue weighted by molar-refractivity contribution is 0.273. The first kappa shape index (κ1) is 5.54. The van der Waals surface area contributed by atoms with Gasteiger partial charge in [0.2, 0.25) is 5.02 Å². The fraction of sp³-hybridized carbons (Fsp3) is 0.500. The van der Waals surface area contributed by atoms with Gasteiger partial charge < -0.3 is 4.74 Å². The normalized spacial score (nSPS) is 9.60. The van der Waals surface area contributed by atoms with E-state index < -0.39 is 5.02 Å². The third-order valence-corrected chi connectivity index (χ3v) is 0.378. The summed E-state index contributed by atoms with van der Waals surface area (Å²) in [6.45, 7) is 0. The minimum absolute atomic E-state index is 0.782. The van der Waals surface area contributed by atoms with Gasteiger partial charge in [-0.1, -0.05) is 23.2 Å². The van der Waals surface area contributed by atoms with Crippen molar-refractivity contribution in [3.63, 3.8) is 0 Å². The molecule has 31 valence electrons. The van der Waals surface area contributed by atoms with Crippen LogP contribution in [0, 0.1) is 7.11 Å². The minimum Gasteiger partial charge on any atom is -0.347 e. The van der Waals surface area contributed by atoms with E-state index in [4.69, 9.17) is 23.2 Å². The molecule has 1 radical (unpaired) electrons. The van der Waals surface area contributed by atoms with Gasteiger partial charge in [0.15, 0.2) is 0 Å². The lowest BCUT2D eigenvalue weighted by Crippen LogP contribution is -1.82. The molecule has 0 aromatic carbocycles. The van der Waals surface area contributed by atoms with Crippen molar-refractivity contribution in [2.45, 2.75) is 5.02 Å². The number of hydrogen-bond donors (Lipinski definition) is 0. The minimum atomic E-state index is -0.782. The van der Waals surface area contributed by atoms with Crippen LogP contribution in [-0.2, 0) is 4.74 Å². The van der Waals surface area contributed by atoms with Crippen LogP contribution >= 0.6 is 23.2 Å². The smallest absolute Gasteiger partial charge is 0.206 e. The summed E-state index contributed by atoms with van der Waals surface area (Å²) >= 11 is 9.89. The maximum atomic E-state index is 4.94. The average molecular weight is 114 g/mol. The Bertz CT molecular complexity index is 21.6. The predicted molar refractivity (Wildman–Crippen MR) is 21.9 cm³/mol. The maximum absolute atomic E-state index is 4.94. The van der Waals surface area contributed by atoms with Gasteiger partial charge in [0.25, 0.3) is 0 Å². The largest absolute Gasteiger partial charge is 0.347 e. The first-order valence-corrected chi connectivity index (χ1v) is 1.83. The van der Waals surface area contributed by atoms with Crippen LogP contribution in [-0.4, -0.2) is 5.02 Å². The van der Waals surface area contributed by atoms with E-state index in [0.29, 0.717) is 0 Å². The number of alkyl halides is 2. The number of rotatable bonds is 1. The molecule has 0 amide bonds. The average Bonchev–Trinajstić information content (AvgIpc) is 1.38. The first-order chi connectivity index (χ1) is 2.27. The van der Waals surface area contributed by atoms with Crippen LogP contribution in [0.3, 0.4) is 0 Å². The third kappa shape index (κ3) is 4.54. The van der Waals surface area contributed by atoms with Gasteiger partial charge in [0, 0.05) is 0 Å². The molecular weight excluding hydrogens is 111 g/mol. The lowest BCUT2D eigenvalue weighted by Gasteiger charge is -1.88. The van der Waals surface area contributed by atoms with Crippen molar-refractivity contribution in [2.75, 3.05) is 0 Å². The van der Waals surface area contributed by atoms with E-state index in [1.54, 1.807) is 0 Å². The molecule has 0 saturated heterocycles. The van der Waals surface area contributed by atoms with E-state index in [9.17, 15) is 0 Å². The highest BCUT2D eigenvalue weighted by atomic mass is 35.5. The number of ether oxygens (including phenoxy) is 1. The van der Waals surface area contributed by atoms with Gasteiger partial charge in [0.1, 0.15) is 0 Å². The van der Waals surface area contributed by atoms with Gasteiger partial charge in [-0.15, -0.1) is 0 Å². The van der Waals surface area contributed by atoms with Gasteiger partial charge in [-0.05, 0) is 0 Å². The van der Waals surface area contributed by atoms with Crippen molar-refractivity contribution in [3.8, 4) is 0 Å². The summed E-state index contributed by atoms with van der Waals surface area (Å²) in [4.78, 5) is 0. The Hall–Kier alpha value is 0.540. The molecular formula is C2H3Cl2O. The van der Waals surface area contributed by atoms with Crippen LogP contribution in [0.15, 0.2) is 0 Å². The molecule has 0 fully saturated rings. The van der Waals surface area contributed by atoms with Crippen molar-refractivity contribution >= 4 is 23.2 Å². The Morgan fingerprint density at radius 3 is 1.80 bits per heavy atom. The van der Waals surface area contributed by atoms with Crippen LogP contribution in [0.5, 0.6) is 0 Å². The van der Waals surface area contributed by atoms with Crippen molar-refractivity contribution in [3.05, 3.63) is 7.11 Å². The SMILES string of the molecule is [CH2]OC(Cl)Cl. The zero-order valence-electron chi connectivity index (χ0n) is 2.45. The molecule has 0 aliphatic heterocycles. The third-order valence-electron chi connectivity index (χ3n) is 0.126. The summed E-state index contributed by atoms with van der Waals surface area (Å²) in [5.74, 6) is 0. The van der Waals surface area contributed by atoms with E-state index in [1.165, 1.54) is 0 Å². The molecule has 0 aromatic rings. The highest BCUT2D eigenvalue weighted by Gasteiger charge is 1.86. The van der Waals surface area contributed by atoms with Crippen molar-refractivity contribution in [1.82, 2.24) is 0 Å². The van der Waals surface area contributed by atoms with E-state index >= 15 is 0 Å². The summed E-state index contributed by atoms with van der Waals surface area (Å²) < 4.78 is 4.03. The second-order valence-electron chi connectivity index (χ2n) is 0.427. The van der Waals surface area contributed by atoms with Gasteiger partial charge >= 0.3 is 0 Å². The summed E-state index contributed by atoms with van der Waals surface area (Å²) in [6.07, 6.45) is 0. The van der Waals surface area contributed by atoms with E-state index in [-0.39, 0.29) is 0 Å². The Labute approximate surface area is 40.8 Å². The molecule has 0 saturated carbocycles. The molecule has 0 unspecified atom stereocenters. The maximum Gasteiger partial charge on any atom is 0.206 e. The zero-order valence-corrected chi connectivity index (χ0v) is 3.96. The van der Waals surface area contributed by atoms with Crippen LogP contribution < -0.4 is 0 Å². The predicted octanol–water partition coefficient (Wildman–Crippen LogP) is 1.56. The van der Waals surface area contributed by atoms with Gasteiger partial charge in [-0.2, -0.15) is 0 Å². The summed E-state index contributed by atoms with van der Waals surface area (Å²) in [6, 6.07) is 0. The molecule has 0 atom stereocenters. The topological polar surface area (TPSA) is 9.23 Å². The fourth-order valence-electron chi connectivity index (χ4n) is 0. The molecule has 0 aliphatic rings. The fourth-order valence-corrected chi connectivity index (χ4v) is 0. The standard InChI is InChI=1S/C2H3Cl2O/c1-5-2(3)4/h2H,1H2. The summed E-state index contributed by atoms with van der Waals surface area (Å²) in [5, 5.41) is -0.782. The highest BCUT2D eigenvalue weighted by Crippen LogP contribution is 1.99. The quantitative estimate of drug-likeness (QED) is 0.470. The summed E-state index contributed by atoms with van der Waals surface area (Å²) in [5.41, 5.74) is 0. The monoisotopic (exact) mass is 113 g/mol. The Balaban J connectivity index is 2.54. The van der Waals surface area contributed by atoms with Crippen LogP contribution in [0.2, 0.25) is 0 Å².